The third-order valence-electron chi connectivity index (χ3n) is 4.50. The number of para-hydroxylation sites is 3. The van der Waals surface area contributed by atoms with Crippen molar-refractivity contribution >= 4 is 29.2 Å². The second kappa shape index (κ2) is 7.76. The second-order valence-electron chi connectivity index (χ2n) is 6.17. The molecule has 1 aliphatic heterocycles. The van der Waals surface area contributed by atoms with E-state index < -0.39 is 0 Å². The summed E-state index contributed by atoms with van der Waals surface area (Å²) in [6.45, 7) is 0.535. The Morgan fingerprint density at radius 1 is 0.926 bits per heavy atom. The zero-order valence-electron chi connectivity index (χ0n) is 15.0. The monoisotopic (exact) mass is 376 g/mol. The molecule has 1 heterocycles. The fourth-order valence-corrected chi connectivity index (χ4v) is 4.27. The van der Waals surface area contributed by atoms with E-state index in [9.17, 15) is 4.79 Å². The molecule has 4 nitrogen and oxygen atoms in total. The highest BCUT2D eigenvalue weighted by molar-refractivity contribution is 7.99. The Labute approximate surface area is 163 Å². The third kappa shape index (κ3) is 3.51. The summed E-state index contributed by atoms with van der Waals surface area (Å²) in [5.74, 6) is 0.844. The molecule has 0 spiro atoms. The largest absolute Gasteiger partial charge is 0.496 e. The predicted molar refractivity (Wildman–Crippen MR) is 109 cm³/mol. The molecule has 3 aromatic rings. The quantitative estimate of drug-likeness (QED) is 0.676. The van der Waals surface area contributed by atoms with Crippen LogP contribution in [0.3, 0.4) is 0 Å². The minimum Gasteiger partial charge on any atom is -0.496 e. The molecular weight excluding hydrogens is 356 g/mol. The lowest BCUT2D eigenvalue weighted by atomic mass is 10.1. The molecule has 27 heavy (non-hydrogen) atoms. The molecule has 1 aliphatic rings. The van der Waals surface area contributed by atoms with Crippen molar-refractivity contribution in [3.63, 3.8) is 0 Å². The molecule has 0 unspecified atom stereocenters. The first-order chi connectivity index (χ1) is 13.3. The molecule has 0 fully saturated rings. The number of nitrogens with one attached hydrogen (secondary N) is 1. The van der Waals surface area contributed by atoms with Crippen molar-refractivity contribution in [3.05, 3.63) is 78.4 Å². The normalized spacial score (nSPS) is 12.1. The average molecular weight is 376 g/mol. The van der Waals surface area contributed by atoms with Crippen molar-refractivity contribution in [1.82, 2.24) is 5.32 Å². The topological polar surface area (TPSA) is 41.6 Å². The van der Waals surface area contributed by atoms with Crippen molar-refractivity contribution in [2.24, 2.45) is 0 Å². The third-order valence-corrected chi connectivity index (χ3v) is 5.63. The van der Waals surface area contributed by atoms with E-state index in [-0.39, 0.29) is 6.03 Å². The summed E-state index contributed by atoms with van der Waals surface area (Å²) in [7, 11) is 1.66. The predicted octanol–water partition coefficient (Wildman–Crippen LogP) is 5.25. The Balaban J connectivity index is 1.54. The zero-order chi connectivity index (χ0) is 18.6. The Morgan fingerprint density at radius 2 is 1.52 bits per heavy atom. The molecule has 5 heteroatoms. The highest BCUT2D eigenvalue weighted by Crippen LogP contribution is 2.47. The minimum atomic E-state index is -0.120. The molecule has 0 aromatic heterocycles. The van der Waals surface area contributed by atoms with Crippen LogP contribution in [-0.4, -0.2) is 19.7 Å². The van der Waals surface area contributed by atoms with Gasteiger partial charge in [0.25, 0.3) is 0 Å². The van der Waals surface area contributed by atoms with Gasteiger partial charge >= 0.3 is 6.03 Å². The molecule has 0 radical (unpaired) electrons. The van der Waals surface area contributed by atoms with Crippen LogP contribution in [0.25, 0.3) is 0 Å². The van der Waals surface area contributed by atoms with Crippen molar-refractivity contribution in [2.75, 3.05) is 18.6 Å². The highest BCUT2D eigenvalue weighted by atomic mass is 32.2. The molecule has 2 amide bonds. The van der Waals surface area contributed by atoms with Gasteiger partial charge in [-0.15, -0.1) is 0 Å². The first-order valence-electron chi connectivity index (χ1n) is 8.83. The van der Waals surface area contributed by atoms with Gasteiger partial charge in [-0.2, -0.15) is 0 Å². The standard InChI is InChI=1S/C22H20N2O2S/c1-26-19-11-5-2-8-16(19)14-15-23-22(25)24-17-9-3-6-12-20(17)27-21-13-7-4-10-18(21)24/h2-13H,14-15H2,1H3,(H,23,25). The summed E-state index contributed by atoms with van der Waals surface area (Å²) in [5, 5.41) is 3.06. The first kappa shape index (κ1) is 17.5. The van der Waals surface area contributed by atoms with E-state index in [0.29, 0.717) is 13.0 Å². The van der Waals surface area contributed by atoms with Crippen LogP contribution in [0.1, 0.15) is 5.56 Å². The van der Waals surface area contributed by atoms with Gasteiger partial charge in [0.2, 0.25) is 0 Å². The Bertz CT molecular complexity index is 928. The molecule has 0 saturated carbocycles. The number of benzene rings is 3. The zero-order valence-corrected chi connectivity index (χ0v) is 15.8. The van der Waals surface area contributed by atoms with E-state index in [4.69, 9.17) is 4.74 Å². The van der Waals surface area contributed by atoms with Crippen LogP contribution in [0.4, 0.5) is 16.2 Å². The summed E-state index contributed by atoms with van der Waals surface area (Å²) in [6.07, 6.45) is 0.710. The number of fused-ring (bicyclic) bond motifs is 2. The molecular formula is C22H20N2O2S. The van der Waals surface area contributed by atoms with Gasteiger partial charge in [-0.1, -0.05) is 54.2 Å². The van der Waals surface area contributed by atoms with Gasteiger partial charge in [-0.05, 0) is 42.3 Å². The van der Waals surface area contributed by atoms with Crippen LogP contribution in [0.15, 0.2) is 82.6 Å². The number of amides is 2. The smallest absolute Gasteiger partial charge is 0.326 e. The van der Waals surface area contributed by atoms with E-state index in [0.717, 1.165) is 32.5 Å². The molecule has 4 rings (SSSR count). The number of methoxy groups -OCH3 is 1. The maximum atomic E-state index is 13.0. The minimum absolute atomic E-state index is 0.120. The van der Waals surface area contributed by atoms with Crippen LogP contribution in [0, 0.1) is 0 Å². The van der Waals surface area contributed by atoms with Crippen molar-refractivity contribution in [3.8, 4) is 5.75 Å². The second-order valence-corrected chi connectivity index (χ2v) is 7.25. The number of rotatable bonds is 4. The number of anilines is 2. The number of nitrogens with zero attached hydrogens (tertiary/aromatic N) is 1. The summed E-state index contributed by atoms with van der Waals surface area (Å²) >= 11 is 1.69. The highest BCUT2D eigenvalue weighted by Gasteiger charge is 2.27. The Hall–Kier alpha value is -2.92. The van der Waals surface area contributed by atoms with E-state index >= 15 is 0 Å². The van der Waals surface area contributed by atoms with Crippen molar-refractivity contribution < 1.29 is 9.53 Å². The summed E-state index contributed by atoms with van der Waals surface area (Å²) in [4.78, 5) is 17.0. The van der Waals surface area contributed by atoms with E-state index in [1.165, 1.54) is 0 Å². The van der Waals surface area contributed by atoms with Crippen LogP contribution >= 0.6 is 11.8 Å². The first-order valence-corrected chi connectivity index (χ1v) is 9.65. The molecule has 0 bridgehead atoms. The summed E-state index contributed by atoms with van der Waals surface area (Å²) < 4.78 is 5.39. The Morgan fingerprint density at radius 3 is 2.19 bits per heavy atom. The lowest BCUT2D eigenvalue weighted by Crippen LogP contribution is -2.39. The van der Waals surface area contributed by atoms with E-state index in [1.54, 1.807) is 23.8 Å². The number of carbonyl (C=O) groups excluding carboxylic acids is 1. The van der Waals surface area contributed by atoms with Crippen molar-refractivity contribution in [1.29, 1.82) is 0 Å². The van der Waals surface area contributed by atoms with Crippen LogP contribution < -0.4 is 15.0 Å². The van der Waals surface area contributed by atoms with Crippen LogP contribution in [0.5, 0.6) is 5.75 Å². The number of urea groups is 1. The SMILES string of the molecule is COc1ccccc1CCNC(=O)N1c2ccccc2Sc2ccccc21. The van der Waals surface area contributed by atoms with Crippen molar-refractivity contribution in [2.45, 2.75) is 16.2 Å². The van der Waals surface area contributed by atoms with Crippen LogP contribution in [0.2, 0.25) is 0 Å². The molecule has 0 aliphatic carbocycles. The maximum absolute atomic E-state index is 13.0. The lowest BCUT2D eigenvalue weighted by molar-refractivity contribution is 0.248. The summed E-state index contributed by atoms with van der Waals surface area (Å²) in [6, 6.07) is 23.7. The molecule has 0 saturated heterocycles. The number of ether oxygens (including phenoxy) is 1. The average Bonchev–Trinajstić information content (AvgIpc) is 2.72. The molecule has 1 N–H and O–H groups in total. The van der Waals surface area contributed by atoms with Gasteiger partial charge in [-0.25, -0.2) is 4.79 Å². The number of hydrogen-bond donors (Lipinski definition) is 1. The lowest BCUT2D eigenvalue weighted by Gasteiger charge is -2.31. The summed E-state index contributed by atoms with van der Waals surface area (Å²) in [5.41, 5.74) is 2.90. The van der Waals surface area contributed by atoms with E-state index in [2.05, 4.69) is 5.32 Å². The van der Waals surface area contributed by atoms with Crippen LogP contribution in [-0.2, 0) is 6.42 Å². The molecule has 3 aromatic carbocycles. The van der Waals surface area contributed by atoms with Gasteiger partial charge in [-0.3, -0.25) is 4.90 Å². The van der Waals surface area contributed by atoms with E-state index in [1.807, 2.05) is 72.8 Å². The molecule has 136 valence electrons. The van der Waals surface area contributed by atoms with Gasteiger partial charge < -0.3 is 10.1 Å². The maximum Gasteiger partial charge on any atom is 0.326 e. The van der Waals surface area contributed by atoms with Gasteiger partial charge in [0.05, 0.1) is 18.5 Å². The molecule has 0 atom stereocenters. The Kier molecular flexibility index (Phi) is 5.03. The number of carbonyl (C=O) groups is 1. The number of hydrogen-bond acceptors (Lipinski definition) is 3. The van der Waals surface area contributed by atoms with Gasteiger partial charge in [0, 0.05) is 16.3 Å². The fraction of sp³-hybridized carbons (Fsp3) is 0.136. The van der Waals surface area contributed by atoms with Gasteiger partial charge in [0.1, 0.15) is 5.75 Å². The fourth-order valence-electron chi connectivity index (χ4n) is 3.22. The van der Waals surface area contributed by atoms with Gasteiger partial charge in [0.15, 0.2) is 0 Å².